The summed E-state index contributed by atoms with van der Waals surface area (Å²) in [6, 6.07) is 0. The maximum atomic E-state index is 6.32. The minimum absolute atomic E-state index is 0. The van der Waals surface area contributed by atoms with E-state index in [4.69, 9.17) is 11.6 Å². The quantitative estimate of drug-likeness (QED) is 0.726. The number of H-pyrrole nitrogens is 1. The minimum Gasteiger partial charge on any atom is -0.344 e. The number of hydrogen-bond acceptors (Lipinski definition) is 3. The molecule has 7 heteroatoms. The summed E-state index contributed by atoms with van der Waals surface area (Å²) in [6.45, 7) is 7.97. The molecule has 0 amide bonds. The van der Waals surface area contributed by atoms with Gasteiger partial charge in [-0.1, -0.05) is 24.9 Å². The largest absolute Gasteiger partial charge is 0.344 e. The minimum atomic E-state index is 0. The van der Waals surface area contributed by atoms with Crippen molar-refractivity contribution in [2.45, 2.75) is 58.4 Å². The zero-order chi connectivity index (χ0) is 16.1. The van der Waals surface area contributed by atoms with E-state index in [2.05, 4.69) is 27.1 Å². The van der Waals surface area contributed by atoms with Gasteiger partial charge in [-0.15, -0.1) is 24.8 Å². The number of aryl methyl sites for hydroxylation is 1. The molecule has 3 rings (SSSR count). The first kappa shape index (κ1) is 23.0. The number of rotatable bonds is 6. The number of imidazole rings is 1. The van der Waals surface area contributed by atoms with E-state index in [1.165, 1.54) is 64.7 Å². The van der Waals surface area contributed by atoms with E-state index in [0.29, 0.717) is 5.15 Å². The number of piperidine rings is 2. The SMILES string of the molecule is CCCCc1nc(Cl)c(CN2CCC(C3CCNCC3)CC2)[nH]1.Cl.Cl. The van der Waals surface area contributed by atoms with Crippen molar-refractivity contribution >= 4 is 36.4 Å². The second-order valence-corrected chi connectivity index (χ2v) is 7.62. The third-order valence-electron chi connectivity index (χ3n) is 5.61. The maximum absolute atomic E-state index is 6.32. The number of nitrogens with zero attached hydrogens (tertiary/aromatic N) is 2. The molecular weight excluding hydrogens is 379 g/mol. The van der Waals surface area contributed by atoms with Crippen LogP contribution in [0.3, 0.4) is 0 Å². The van der Waals surface area contributed by atoms with Gasteiger partial charge in [-0.2, -0.15) is 0 Å². The van der Waals surface area contributed by atoms with E-state index >= 15 is 0 Å². The van der Waals surface area contributed by atoms with Crippen LogP contribution in [0, 0.1) is 11.8 Å². The molecule has 2 fully saturated rings. The van der Waals surface area contributed by atoms with Crippen LogP contribution in [0.5, 0.6) is 0 Å². The third-order valence-corrected chi connectivity index (χ3v) is 5.92. The summed E-state index contributed by atoms with van der Waals surface area (Å²) in [5.41, 5.74) is 1.11. The number of unbranched alkanes of at least 4 members (excludes halogenated alkanes) is 1. The van der Waals surface area contributed by atoms with Gasteiger partial charge in [0.2, 0.25) is 0 Å². The number of likely N-dealkylation sites (tertiary alicyclic amines) is 1. The molecule has 0 aliphatic carbocycles. The molecule has 2 aliphatic rings. The summed E-state index contributed by atoms with van der Waals surface area (Å²) >= 11 is 6.32. The summed E-state index contributed by atoms with van der Waals surface area (Å²) in [7, 11) is 0. The zero-order valence-corrected chi connectivity index (χ0v) is 17.6. The number of hydrogen-bond donors (Lipinski definition) is 2. The Morgan fingerprint density at radius 3 is 2.36 bits per heavy atom. The van der Waals surface area contributed by atoms with Crippen molar-refractivity contribution in [2.24, 2.45) is 11.8 Å². The van der Waals surface area contributed by atoms with Gasteiger partial charge in [0.15, 0.2) is 5.15 Å². The van der Waals surface area contributed by atoms with E-state index in [1.807, 2.05) is 0 Å². The van der Waals surface area contributed by atoms with Gasteiger partial charge in [0.1, 0.15) is 5.82 Å². The van der Waals surface area contributed by atoms with Crippen molar-refractivity contribution in [3.8, 4) is 0 Å². The van der Waals surface area contributed by atoms with Crippen molar-refractivity contribution < 1.29 is 0 Å². The van der Waals surface area contributed by atoms with Crippen LogP contribution < -0.4 is 5.32 Å². The summed E-state index contributed by atoms with van der Waals surface area (Å²) < 4.78 is 0. The number of nitrogens with one attached hydrogen (secondary N) is 2. The first-order chi connectivity index (χ1) is 11.3. The van der Waals surface area contributed by atoms with E-state index in [-0.39, 0.29) is 24.8 Å². The Morgan fingerprint density at radius 1 is 1.08 bits per heavy atom. The van der Waals surface area contributed by atoms with Crippen LogP contribution in [-0.2, 0) is 13.0 Å². The van der Waals surface area contributed by atoms with Crippen molar-refractivity contribution in [1.29, 1.82) is 0 Å². The predicted molar refractivity (Wildman–Crippen MR) is 110 cm³/mol. The predicted octanol–water partition coefficient (Wildman–Crippen LogP) is 4.46. The van der Waals surface area contributed by atoms with Crippen LogP contribution in [0.25, 0.3) is 0 Å². The highest BCUT2D eigenvalue weighted by Crippen LogP contribution is 2.31. The van der Waals surface area contributed by atoms with Gasteiger partial charge in [-0.3, -0.25) is 4.90 Å². The van der Waals surface area contributed by atoms with E-state index in [1.54, 1.807) is 0 Å². The lowest BCUT2D eigenvalue weighted by molar-refractivity contribution is 0.125. The third kappa shape index (κ3) is 6.59. The van der Waals surface area contributed by atoms with Gasteiger partial charge in [0, 0.05) is 13.0 Å². The molecule has 2 aliphatic heterocycles. The zero-order valence-electron chi connectivity index (χ0n) is 15.2. The Morgan fingerprint density at radius 2 is 1.72 bits per heavy atom. The summed E-state index contributed by atoms with van der Waals surface area (Å²) in [4.78, 5) is 10.5. The van der Waals surface area contributed by atoms with Crippen molar-refractivity contribution in [3.63, 3.8) is 0 Å². The van der Waals surface area contributed by atoms with Gasteiger partial charge in [-0.25, -0.2) is 4.98 Å². The molecule has 0 aromatic carbocycles. The van der Waals surface area contributed by atoms with E-state index in [9.17, 15) is 0 Å². The van der Waals surface area contributed by atoms with E-state index < -0.39 is 0 Å². The monoisotopic (exact) mass is 410 g/mol. The molecular formula is C18H33Cl3N4. The topological polar surface area (TPSA) is 44.0 Å². The molecule has 2 saturated heterocycles. The molecule has 3 heterocycles. The van der Waals surface area contributed by atoms with Gasteiger partial charge in [0.05, 0.1) is 5.69 Å². The molecule has 0 bridgehead atoms. The Labute approximate surface area is 169 Å². The lowest BCUT2D eigenvalue weighted by Crippen LogP contribution is -2.39. The molecule has 0 saturated carbocycles. The molecule has 0 spiro atoms. The fourth-order valence-corrected chi connectivity index (χ4v) is 4.34. The van der Waals surface area contributed by atoms with Crippen molar-refractivity contribution in [2.75, 3.05) is 26.2 Å². The molecule has 1 aromatic heterocycles. The fourth-order valence-electron chi connectivity index (χ4n) is 4.13. The lowest BCUT2D eigenvalue weighted by atomic mass is 9.79. The van der Waals surface area contributed by atoms with Gasteiger partial charge in [-0.05, 0) is 70.1 Å². The summed E-state index contributed by atoms with van der Waals surface area (Å²) in [5, 5.41) is 4.16. The van der Waals surface area contributed by atoms with Crippen LogP contribution in [0.2, 0.25) is 5.15 Å². The molecule has 1 aromatic rings. The number of aromatic amines is 1. The maximum Gasteiger partial charge on any atom is 0.151 e. The van der Waals surface area contributed by atoms with Crippen LogP contribution in [0.4, 0.5) is 0 Å². The van der Waals surface area contributed by atoms with Crippen molar-refractivity contribution in [1.82, 2.24) is 20.2 Å². The molecule has 0 unspecified atom stereocenters. The standard InChI is InChI=1S/C18H31ClN4.2ClH/c1-2-3-4-17-21-16(18(19)22-17)13-23-11-7-15(8-12-23)14-5-9-20-10-6-14;;/h14-15,20H,2-13H2,1H3,(H,21,22);2*1H. The molecule has 0 atom stereocenters. The van der Waals surface area contributed by atoms with E-state index in [0.717, 1.165) is 36.3 Å². The van der Waals surface area contributed by atoms with Gasteiger partial charge >= 0.3 is 0 Å². The summed E-state index contributed by atoms with van der Waals surface area (Å²) in [6.07, 6.45) is 8.81. The summed E-state index contributed by atoms with van der Waals surface area (Å²) in [5.74, 6) is 2.94. The highest BCUT2D eigenvalue weighted by molar-refractivity contribution is 6.30. The molecule has 2 N–H and O–H groups in total. The fraction of sp³-hybridized carbons (Fsp3) is 0.833. The molecule has 0 radical (unpaired) electrons. The smallest absolute Gasteiger partial charge is 0.151 e. The van der Waals surface area contributed by atoms with Crippen molar-refractivity contribution in [3.05, 3.63) is 16.7 Å². The Balaban J connectivity index is 0.00000156. The normalized spacial score (nSPS) is 20.1. The molecule has 146 valence electrons. The van der Waals surface area contributed by atoms with Crippen LogP contribution >= 0.6 is 36.4 Å². The number of aromatic nitrogens is 2. The second-order valence-electron chi connectivity index (χ2n) is 7.26. The first-order valence-electron chi connectivity index (χ1n) is 9.42. The van der Waals surface area contributed by atoms with Gasteiger partial charge in [0.25, 0.3) is 0 Å². The molecule has 4 nitrogen and oxygen atoms in total. The Bertz CT molecular complexity index is 481. The molecule has 25 heavy (non-hydrogen) atoms. The highest BCUT2D eigenvalue weighted by atomic mass is 35.5. The first-order valence-corrected chi connectivity index (χ1v) is 9.80. The lowest BCUT2D eigenvalue weighted by Gasteiger charge is -2.37. The van der Waals surface area contributed by atoms with Crippen LogP contribution in [0.1, 0.15) is 57.0 Å². The average Bonchev–Trinajstić information content (AvgIpc) is 2.94. The van der Waals surface area contributed by atoms with Crippen LogP contribution in [-0.4, -0.2) is 41.0 Å². The second kappa shape index (κ2) is 11.7. The Kier molecular flexibility index (Phi) is 10.7. The average molecular weight is 412 g/mol. The Hall–Kier alpha value is -0.000000000000000111. The van der Waals surface area contributed by atoms with Gasteiger partial charge < -0.3 is 10.3 Å². The van der Waals surface area contributed by atoms with Crippen LogP contribution in [0.15, 0.2) is 0 Å². The highest BCUT2D eigenvalue weighted by Gasteiger charge is 2.27. The number of halogens is 3.